The predicted octanol–water partition coefficient (Wildman–Crippen LogP) is 2.09. The van der Waals surface area contributed by atoms with Gasteiger partial charge in [0.05, 0.1) is 5.69 Å². The van der Waals surface area contributed by atoms with Crippen molar-refractivity contribution in [3.8, 4) is 0 Å². The number of nitrogens with one attached hydrogen (secondary N) is 1. The van der Waals surface area contributed by atoms with E-state index >= 15 is 0 Å². The summed E-state index contributed by atoms with van der Waals surface area (Å²) in [6.07, 6.45) is 0. The van der Waals surface area contributed by atoms with Gasteiger partial charge in [0.15, 0.2) is 5.15 Å². The molecule has 3 heteroatoms. The summed E-state index contributed by atoms with van der Waals surface area (Å²) >= 11 is 5.76. The number of hydrogen-bond donors (Lipinski definition) is 1. The molecule has 1 N–H and O–H groups in total. The van der Waals surface area contributed by atoms with Gasteiger partial charge in [0, 0.05) is 12.7 Å². The average Bonchev–Trinajstić information content (AvgIpc) is 1.88. The Morgan fingerprint density at radius 1 is 1.50 bits per heavy atom. The van der Waals surface area contributed by atoms with Crippen LogP contribution < -0.4 is 5.32 Å². The SMILES string of the molecule is CNc1ccc(C)nc1Cl. The zero-order valence-corrected chi connectivity index (χ0v) is 6.74. The number of aromatic nitrogens is 1. The molecule has 0 radical (unpaired) electrons. The van der Waals surface area contributed by atoms with Crippen LogP contribution in [0, 0.1) is 6.92 Å². The van der Waals surface area contributed by atoms with Gasteiger partial charge >= 0.3 is 0 Å². The quantitative estimate of drug-likeness (QED) is 0.630. The lowest BCUT2D eigenvalue weighted by molar-refractivity contribution is 1.20. The topological polar surface area (TPSA) is 24.9 Å². The molecule has 1 aromatic rings. The van der Waals surface area contributed by atoms with Crippen LogP contribution in [0.15, 0.2) is 12.1 Å². The summed E-state index contributed by atoms with van der Waals surface area (Å²) in [7, 11) is 1.82. The molecular formula is C7H9ClN2. The maximum Gasteiger partial charge on any atom is 0.152 e. The second kappa shape index (κ2) is 2.88. The van der Waals surface area contributed by atoms with Crippen LogP contribution in [0.1, 0.15) is 5.69 Å². The monoisotopic (exact) mass is 156 g/mol. The molecule has 2 nitrogen and oxygen atoms in total. The summed E-state index contributed by atoms with van der Waals surface area (Å²) < 4.78 is 0. The Bertz CT molecular complexity index is 235. The molecule has 1 aromatic heterocycles. The van der Waals surface area contributed by atoms with Gasteiger partial charge in [-0.25, -0.2) is 4.98 Å². The van der Waals surface area contributed by atoms with Crippen LogP contribution in [-0.2, 0) is 0 Å². The van der Waals surface area contributed by atoms with Gasteiger partial charge in [-0.15, -0.1) is 0 Å². The molecule has 0 saturated carbocycles. The van der Waals surface area contributed by atoms with Crippen LogP contribution in [0.3, 0.4) is 0 Å². The van der Waals surface area contributed by atoms with Crippen LogP contribution in [0.25, 0.3) is 0 Å². The van der Waals surface area contributed by atoms with Crippen LogP contribution in [0.4, 0.5) is 5.69 Å². The maximum absolute atomic E-state index is 5.76. The number of halogens is 1. The van der Waals surface area contributed by atoms with Crippen molar-refractivity contribution >= 4 is 17.3 Å². The summed E-state index contributed by atoms with van der Waals surface area (Å²) in [4.78, 5) is 4.05. The molecule has 0 aliphatic heterocycles. The van der Waals surface area contributed by atoms with Crippen molar-refractivity contribution in [2.24, 2.45) is 0 Å². The highest BCUT2D eigenvalue weighted by atomic mass is 35.5. The smallest absolute Gasteiger partial charge is 0.152 e. The highest BCUT2D eigenvalue weighted by Gasteiger charge is 1.96. The van der Waals surface area contributed by atoms with Crippen molar-refractivity contribution in [2.45, 2.75) is 6.92 Å². The molecule has 10 heavy (non-hydrogen) atoms. The number of rotatable bonds is 1. The van der Waals surface area contributed by atoms with Crippen molar-refractivity contribution in [2.75, 3.05) is 12.4 Å². The molecule has 0 spiro atoms. The number of aryl methyl sites for hydroxylation is 1. The Morgan fingerprint density at radius 2 is 2.20 bits per heavy atom. The summed E-state index contributed by atoms with van der Waals surface area (Å²) in [5, 5.41) is 3.46. The molecule has 1 rings (SSSR count). The summed E-state index contributed by atoms with van der Waals surface area (Å²) in [6, 6.07) is 3.82. The van der Waals surface area contributed by atoms with Crippen molar-refractivity contribution in [1.82, 2.24) is 4.98 Å². The first-order valence-corrected chi connectivity index (χ1v) is 3.42. The minimum atomic E-state index is 0.530. The number of anilines is 1. The fraction of sp³-hybridized carbons (Fsp3) is 0.286. The van der Waals surface area contributed by atoms with Crippen LogP contribution in [0.2, 0.25) is 5.15 Å². The van der Waals surface area contributed by atoms with E-state index in [1.54, 1.807) is 0 Å². The first kappa shape index (κ1) is 7.35. The zero-order valence-electron chi connectivity index (χ0n) is 5.98. The lowest BCUT2D eigenvalue weighted by Crippen LogP contribution is -1.91. The van der Waals surface area contributed by atoms with E-state index in [4.69, 9.17) is 11.6 Å². The van der Waals surface area contributed by atoms with Crippen molar-refractivity contribution in [1.29, 1.82) is 0 Å². The fourth-order valence-corrected chi connectivity index (χ4v) is 1.00. The second-order valence-electron chi connectivity index (χ2n) is 2.04. The van der Waals surface area contributed by atoms with E-state index in [1.165, 1.54) is 0 Å². The van der Waals surface area contributed by atoms with Gasteiger partial charge in [-0.05, 0) is 19.1 Å². The minimum Gasteiger partial charge on any atom is -0.386 e. The highest BCUT2D eigenvalue weighted by Crippen LogP contribution is 2.17. The Hall–Kier alpha value is -0.760. The molecule has 0 unspecified atom stereocenters. The Labute approximate surface area is 65.2 Å². The van der Waals surface area contributed by atoms with Crippen LogP contribution in [-0.4, -0.2) is 12.0 Å². The molecule has 0 aliphatic carbocycles. The van der Waals surface area contributed by atoms with Crippen molar-refractivity contribution in [3.05, 3.63) is 23.0 Å². The maximum atomic E-state index is 5.76. The number of nitrogens with zero attached hydrogens (tertiary/aromatic N) is 1. The Morgan fingerprint density at radius 3 is 2.70 bits per heavy atom. The second-order valence-corrected chi connectivity index (χ2v) is 2.40. The van der Waals surface area contributed by atoms with E-state index < -0.39 is 0 Å². The Kier molecular flexibility index (Phi) is 2.12. The summed E-state index contributed by atoms with van der Waals surface area (Å²) in [5.41, 5.74) is 1.80. The van der Waals surface area contributed by atoms with Gasteiger partial charge in [0.25, 0.3) is 0 Å². The van der Waals surface area contributed by atoms with Gasteiger partial charge in [-0.1, -0.05) is 11.6 Å². The molecule has 0 bridgehead atoms. The molecule has 0 atom stereocenters. The zero-order chi connectivity index (χ0) is 7.56. The Balaban J connectivity index is 3.07. The van der Waals surface area contributed by atoms with Gasteiger partial charge in [-0.2, -0.15) is 0 Å². The van der Waals surface area contributed by atoms with Crippen molar-refractivity contribution in [3.63, 3.8) is 0 Å². The van der Waals surface area contributed by atoms with Gasteiger partial charge < -0.3 is 5.32 Å². The van der Waals surface area contributed by atoms with Crippen LogP contribution in [0.5, 0.6) is 0 Å². The van der Waals surface area contributed by atoms with E-state index in [-0.39, 0.29) is 0 Å². The van der Waals surface area contributed by atoms with Crippen molar-refractivity contribution < 1.29 is 0 Å². The standard InChI is InChI=1S/C7H9ClN2/c1-5-3-4-6(9-2)7(8)10-5/h3-4,9H,1-2H3. The van der Waals surface area contributed by atoms with Gasteiger partial charge in [-0.3, -0.25) is 0 Å². The molecule has 0 aromatic carbocycles. The third kappa shape index (κ3) is 1.39. The lowest BCUT2D eigenvalue weighted by Gasteiger charge is -2.01. The summed E-state index contributed by atoms with van der Waals surface area (Å²) in [5.74, 6) is 0. The molecule has 0 fully saturated rings. The van der Waals surface area contributed by atoms with E-state index in [0.717, 1.165) is 11.4 Å². The largest absolute Gasteiger partial charge is 0.386 e. The fourth-order valence-electron chi connectivity index (χ4n) is 0.712. The number of hydrogen-bond acceptors (Lipinski definition) is 2. The van der Waals surface area contributed by atoms with E-state index in [1.807, 2.05) is 26.1 Å². The highest BCUT2D eigenvalue weighted by molar-refractivity contribution is 6.31. The van der Waals surface area contributed by atoms with Gasteiger partial charge in [0.1, 0.15) is 0 Å². The minimum absolute atomic E-state index is 0.530. The third-order valence-corrected chi connectivity index (χ3v) is 1.55. The first-order valence-electron chi connectivity index (χ1n) is 3.05. The normalized spacial score (nSPS) is 9.50. The third-order valence-electron chi connectivity index (χ3n) is 1.26. The average molecular weight is 157 g/mol. The molecule has 0 aliphatic rings. The number of pyridine rings is 1. The van der Waals surface area contributed by atoms with Gasteiger partial charge in [0.2, 0.25) is 0 Å². The first-order chi connectivity index (χ1) is 4.74. The summed E-state index contributed by atoms with van der Waals surface area (Å²) in [6.45, 7) is 1.91. The lowest BCUT2D eigenvalue weighted by atomic mass is 10.3. The molecule has 1 heterocycles. The van der Waals surface area contributed by atoms with E-state index in [0.29, 0.717) is 5.15 Å². The molecule has 54 valence electrons. The van der Waals surface area contributed by atoms with Crippen LogP contribution >= 0.6 is 11.6 Å². The van der Waals surface area contributed by atoms with E-state index in [2.05, 4.69) is 10.3 Å². The predicted molar refractivity (Wildman–Crippen MR) is 43.5 cm³/mol. The molecule has 0 amide bonds. The molecular weight excluding hydrogens is 148 g/mol. The van der Waals surface area contributed by atoms with E-state index in [9.17, 15) is 0 Å². The molecule has 0 saturated heterocycles.